The smallest absolute Gasteiger partial charge is 0.189 e. The molecule has 6 heteroatoms. The van der Waals surface area contributed by atoms with Crippen LogP contribution in [0.1, 0.15) is 25.6 Å². The lowest BCUT2D eigenvalue weighted by Crippen LogP contribution is -2.08. The lowest BCUT2D eigenvalue weighted by molar-refractivity contribution is 0.285. The molecule has 1 aromatic carbocycles. The van der Waals surface area contributed by atoms with Crippen LogP contribution in [0.4, 0.5) is 0 Å². The topological polar surface area (TPSA) is 52.8 Å². The number of hydrogen-bond acceptors (Lipinski definition) is 5. The van der Waals surface area contributed by atoms with Gasteiger partial charge in [0.2, 0.25) is 0 Å². The number of nitrogens with zero attached hydrogens (tertiary/aromatic N) is 4. The quantitative estimate of drug-likeness (QED) is 0.729. The molecular weight excluding hydrogens is 260 g/mol. The summed E-state index contributed by atoms with van der Waals surface area (Å²) in [6, 6.07) is 8.01. The Hall–Kier alpha value is -1.56. The number of aryl methyl sites for hydroxylation is 1. The molecule has 5 nitrogen and oxygen atoms in total. The molecule has 1 heterocycles. The molecular formula is C13H18N4OS. The van der Waals surface area contributed by atoms with Gasteiger partial charge in [-0.1, -0.05) is 13.3 Å². The second-order valence-electron chi connectivity index (χ2n) is 4.14. The summed E-state index contributed by atoms with van der Waals surface area (Å²) in [5, 5.41) is 11.7. The fourth-order valence-corrected chi connectivity index (χ4v) is 2.04. The third-order valence-electron chi connectivity index (χ3n) is 2.76. The number of rotatable bonds is 7. The first kappa shape index (κ1) is 13.9. The van der Waals surface area contributed by atoms with Gasteiger partial charge < -0.3 is 4.74 Å². The van der Waals surface area contributed by atoms with Crippen molar-refractivity contribution in [2.24, 2.45) is 0 Å². The van der Waals surface area contributed by atoms with Gasteiger partial charge in [-0.05, 0) is 47.4 Å². The van der Waals surface area contributed by atoms with Crippen LogP contribution in [0.15, 0.2) is 29.2 Å². The van der Waals surface area contributed by atoms with E-state index in [1.54, 1.807) is 16.4 Å². The monoisotopic (exact) mass is 278 g/mol. The van der Waals surface area contributed by atoms with Crippen LogP contribution in [0.5, 0.6) is 5.75 Å². The highest BCUT2D eigenvalue weighted by Gasteiger charge is 2.06. The Bertz CT molecular complexity index is 498. The van der Waals surface area contributed by atoms with Gasteiger partial charge in [0.25, 0.3) is 0 Å². The fraction of sp³-hybridized carbons (Fsp3) is 0.462. The van der Waals surface area contributed by atoms with Crippen molar-refractivity contribution < 1.29 is 4.74 Å². The highest BCUT2D eigenvalue weighted by atomic mass is 32.2. The zero-order valence-corrected chi connectivity index (χ0v) is 12.1. The summed E-state index contributed by atoms with van der Waals surface area (Å²) < 4.78 is 7.50. The highest BCUT2D eigenvalue weighted by molar-refractivity contribution is 7.98. The molecule has 0 amide bonds. The van der Waals surface area contributed by atoms with E-state index in [1.165, 1.54) is 4.90 Å². The zero-order chi connectivity index (χ0) is 13.5. The van der Waals surface area contributed by atoms with Crippen molar-refractivity contribution in [2.45, 2.75) is 37.8 Å². The largest absolute Gasteiger partial charge is 0.486 e. The molecule has 0 saturated heterocycles. The molecule has 0 aliphatic rings. The van der Waals surface area contributed by atoms with Crippen molar-refractivity contribution in [1.82, 2.24) is 20.2 Å². The van der Waals surface area contributed by atoms with E-state index in [0.717, 1.165) is 31.0 Å². The molecule has 102 valence electrons. The van der Waals surface area contributed by atoms with Crippen molar-refractivity contribution in [3.05, 3.63) is 30.1 Å². The van der Waals surface area contributed by atoms with E-state index in [9.17, 15) is 0 Å². The van der Waals surface area contributed by atoms with E-state index in [-0.39, 0.29) is 0 Å². The van der Waals surface area contributed by atoms with Gasteiger partial charge in [0, 0.05) is 11.4 Å². The van der Waals surface area contributed by atoms with Crippen LogP contribution < -0.4 is 4.74 Å². The van der Waals surface area contributed by atoms with E-state index in [2.05, 4.69) is 28.7 Å². The van der Waals surface area contributed by atoms with E-state index in [1.807, 2.05) is 24.3 Å². The maximum absolute atomic E-state index is 5.70. The number of ether oxygens (including phenoxy) is 1. The minimum absolute atomic E-state index is 0.398. The number of benzene rings is 1. The molecule has 0 N–H and O–H groups in total. The minimum Gasteiger partial charge on any atom is -0.486 e. The zero-order valence-electron chi connectivity index (χ0n) is 11.2. The molecule has 1 aromatic heterocycles. The van der Waals surface area contributed by atoms with Gasteiger partial charge in [-0.3, -0.25) is 0 Å². The Labute approximate surface area is 117 Å². The van der Waals surface area contributed by atoms with Crippen molar-refractivity contribution in [3.8, 4) is 5.75 Å². The molecule has 0 fully saturated rings. The second-order valence-corrected chi connectivity index (χ2v) is 5.02. The van der Waals surface area contributed by atoms with Gasteiger partial charge in [-0.2, -0.15) is 0 Å². The van der Waals surface area contributed by atoms with Crippen molar-refractivity contribution in [3.63, 3.8) is 0 Å². The van der Waals surface area contributed by atoms with Crippen LogP contribution in [0, 0.1) is 0 Å². The standard InChI is InChI=1S/C13H18N4OS/c1-3-4-9-17-13(14-15-16-17)10-18-11-5-7-12(19-2)8-6-11/h5-8H,3-4,9-10H2,1-2H3. The number of tetrazole rings is 1. The van der Waals surface area contributed by atoms with E-state index in [0.29, 0.717) is 6.61 Å². The van der Waals surface area contributed by atoms with Crippen LogP contribution in [0.25, 0.3) is 0 Å². The summed E-state index contributed by atoms with van der Waals surface area (Å²) in [6.45, 7) is 3.39. The summed E-state index contributed by atoms with van der Waals surface area (Å²) in [6.07, 6.45) is 4.24. The van der Waals surface area contributed by atoms with Gasteiger partial charge in [0.15, 0.2) is 5.82 Å². The second kappa shape index (κ2) is 7.13. The molecule has 2 aromatic rings. The van der Waals surface area contributed by atoms with Gasteiger partial charge in [0.05, 0.1) is 0 Å². The van der Waals surface area contributed by atoms with Gasteiger partial charge in [0.1, 0.15) is 12.4 Å². The fourth-order valence-electron chi connectivity index (χ4n) is 1.63. The number of unbranched alkanes of at least 4 members (excludes halogenated alkanes) is 1. The van der Waals surface area contributed by atoms with E-state index >= 15 is 0 Å². The summed E-state index contributed by atoms with van der Waals surface area (Å²) in [5.74, 6) is 1.60. The molecule has 2 rings (SSSR count). The molecule has 0 aliphatic heterocycles. The van der Waals surface area contributed by atoms with Crippen molar-refractivity contribution >= 4 is 11.8 Å². The predicted molar refractivity (Wildman–Crippen MR) is 75.3 cm³/mol. The molecule has 0 atom stereocenters. The third-order valence-corrected chi connectivity index (χ3v) is 3.50. The van der Waals surface area contributed by atoms with Crippen LogP contribution in [-0.2, 0) is 13.2 Å². The van der Waals surface area contributed by atoms with Crippen molar-refractivity contribution in [1.29, 1.82) is 0 Å². The Morgan fingerprint density at radius 3 is 2.74 bits per heavy atom. The van der Waals surface area contributed by atoms with Crippen LogP contribution in [0.3, 0.4) is 0 Å². The molecule has 19 heavy (non-hydrogen) atoms. The van der Waals surface area contributed by atoms with E-state index in [4.69, 9.17) is 4.74 Å². The SMILES string of the molecule is CCCCn1nnnc1COc1ccc(SC)cc1. The van der Waals surface area contributed by atoms with Crippen LogP contribution in [-0.4, -0.2) is 26.5 Å². The predicted octanol–water partition coefficient (Wildman–Crippen LogP) is 2.77. The molecule has 0 radical (unpaired) electrons. The van der Waals surface area contributed by atoms with Gasteiger partial charge in [-0.15, -0.1) is 16.9 Å². The first-order valence-electron chi connectivity index (χ1n) is 6.35. The number of aromatic nitrogens is 4. The van der Waals surface area contributed by atoms with Gasteiger partial charge >= 0.3 is 0 Å². The minimum atomic E-state index is 0.398. The first-order chi connectivity index (χ1) is 9.33. The Morgan fingerprint density at radius 1 is 1.26 bits per heavy atom. The Morgan fingerprint density at radius 2 is 2.05 bits per heavy atom. The lowest BCUT2D eigenvalue weighted by atomic mass is 10.3. The summed E-state index contributed by atoms with van der Waals surface area (Å²) in [5.41, 5.74) is 0. The summed E-state index contributed by atoms with van der Waals surface area (Å²) in [4.78, 5) is 1.22. The maximum Gasteiger partial charge on any atom is 0.189 e. The van der Waals surface area contributed by atoms with Gasteiger partial charge in [-0.25, -0.2) is 4.68 Å². The van der Waals surface area contributed by atoms with Crippen LogP contribution >= 0.6 is 11.8 Å². The normalized spacial score (nSPS) is 10.6. The highest BCUT2D eigenvalue weighted by Crippen LogP contribution is 2.19. The van der Waals surface area contributed by atoms with Crippen molar-refractivity contribution in [2.75, 3.05) is 6.26 Å². The molecule has 0 unspecified atom stereocenters. The summed E-state index contributed by atoms with van der Waals surface area (Å²) in [7, 11) is 0. The molecule has 0 saturated carbocycles. The molecule has 0 aliphatic carbocycles. The Kier molecular flexibility index (Phi) is 5.20. The average molecular weight is 278 g/mol. The third kappa shape index (κ3) is 3.96. The first-order valence-corrected chi connectivity index (χ1v) is 7.58. The molecule has 0 spiro atoms. The van der Waals surface area contributed by atoms with Crippen LogP contribution in [0.2, 0.25) is 0 Å². The maximum atomic E-state index is 5.70. The summed E-state index contributed by atoms with van der Waals surface area (Å²) >= 11 is 1.71. The molecule has 0 bridgehead atoms. The average Bonchev–Trinajstić information content (AvgIpc) is 2.91. The number of hydrogen-bond donors (Lipinski definition) is 0. The number of thioether (sulfide) groups is 1. The van der Waals surface area contributed by atoms with E-state index < -0.39 is 0 Å². The lowest BCUT2D eigenvalue weighted by Gasteiger charge is -2.07. The Balaban J connectivity index is 1.92.